The van der Waals surface area contributed by atoms with E-state index in [1.165, 1.54) is 13.0 Å². The number of nitrogens with one attached hydrogen (secondary N) is 2. The van der Waals surface area contributed by atoms with Gasteiger partial charge in [-0.05, 0) is 19.1 Å². The van der Waals surface area contributed by atoms with Crippen molar-refractivity contribution < 1.29 is 24.2 Å². The zero-order valence-electron chi connectivity index (χ0n) is 11.7. The number of ketones is 1. The van der Waals surface area contributed by atoms with Crippen LogP contribution < -0.4 is 10.6 Å². The molecule has 0 heterocycles. The molecule has 0 aliphatic rings. The summed E-state index contributed by atoms with van der Waals surface area (Å²) < 4.78 is 4.94. The second-order valence-corrected chi connectivity index (χ2v) is 4.18. The van der Waals surface area contributed by atoms with Crippen LogP contribution in [-0.4, -0.2) is 49.1 Å². The van der Waals surface area contributed by atoms with Gasteiger partial charge in [-0.1, -0.05) is 12.1 Å². The number of aliphatic hydroxyl groups is 1. The number of aliphatic hydroxyl groups excluding tert-OH is 1. The molecule has 0 fully saturated rings. The lowest BCUT2D eigenvalue weighted by Crippen LogP contribution is -2.37. The highest BCUT2D eigenvalue weighted by molar-refractivity contribution is 6.39. The third kappa shape index (κ3) is 6.15. The number of amides is 2. The summed E-state index contributed by atoms with van der Waals surface area (Å²) in [5, 5.41) is 13.3. The Morgan fingerprint density at radius 1 is 1.19 bits per heavy atom. The summed E-state index contributed by atoms with van der Waals surface area (Å²) >= 11 is 0. The second-order valence-electron chi connectivity index (χ2n) is 4.18. The van der Waals surface area contributed by atoms with Crippen molar-refractivity contribution in [3.05, 3.63) is 29.8 Å². The first-order chi connectivity index (χ1) is 10.0. The molecule has 0 saturated heterocycles. The second kappa shape index (κ2) is 8.83. The smallest absolute Gasteiger partial charge is 0.313 e. The molecule has 0 spiro atoms. The third-order valence-electron chi connectivity index (χ3n) is 2.50. The Labute approximate surface area is 122 Å². The molecule has 21 heavy (non-hydrogen) atoms. The molecule has 2 amide bonds. The first-order valence-corrected chi connectivity index (χ1v) is 6.43. The maximum absolute atomic E-state index is 11.6. The maximum atomic E-state index is 11.6. The predicted molar refractivity (Wildman–Crippen MR) is 76.0 cm³/mol. The molecule has 1 rings (SSSR count). The van der Waals surface area contributed by atoms with E-state index < -0.39 is 11.8 Å². The lowest BCUT2D eigenvalue weighted by atomic mass is 10.1. The molecule has 0 saturated carbocycles. The minimum Gasteiger partial charge on any atom is -0.394 e. The van der Waals surface area contributed by atoms with Crippen LogP contribution in [0, 0.1) is 0 Å². The first kappa shape index (κ1) is 16.8. The minimum atomic E-state index is -0.821. The van der Waals surface area contributed by atoms with Gasteiger partial charge < -0.3 is 20.5 Å². The Morgan fingerprint density at radius 3 is 2.62 bits per heavy atom. The molecule has 0 radical (unpaired) electrons. The van der Waals surface area contributed by atoms with Crippen molar-refractivity contribution in [1.29, 1.82) is 0 Å². The molecule has 1 aromatic rings. The van der Waals surface area contributed by atoms with Crippen molar-refractivity contribution in [3.63, 3.8) is 0 Å². The first-order valence-electron chi connectivity index (χ1n) is 6.43. The topological polar surface area (TPSA) is 105 Å². The quantitative estimate of drug-likeness (QED) is 0.371. The highest BCUT2D eigenvalue weighted by atomic mass is 16.5. The maximum Gasteiger partial charge on any atom is 0.313 e. The number of hydrogen-bond acceptors (Lipinski definition) is 5. The van der Waals surface area contributed by atoms with Crippen LogP contribution in [0.15, 0.2) is 24.3 Å². The number of carbonyl (C=O) groups is 3. The van der Waals surface area contributed by atoms with E-state index in [9.17, 15) is 14.4 Å². The van der Waals surface area contributed by atoms with Crippen LogP contribution in [0.4, 0.5) is 5.69 Å². The number of carbonyl (C=O) groups excluding carboxylic acids is 3. The number of ether oxygens (including phenoxy) is 1. The van der Waals surface area contributed by atoms with E-state index in [0.717, 1.165) is 0 Å². The molecule has 114 valence electrons. The van der Waals surface area contributed by atoms with E-state index in [1.54, 1.807) is 18.2 Å². The summed E-state index contributed by atoms with van der Waals surface area (Å²) in [6.07, 6.45) is 0. The normalized spacial score (nSPS) is 10.0. The zero-order chi connectivity index (χ0) is 15.7. The molecule has 0 aromatic heterocycles. The molecular formula is C14H18N2O5. The van der Waals surface area contributed by atoms with Gasteiger partial charge in [0.2, 0.25) is 0 Å². The molecule has 0 unspecified atom stereocenters. The SMILES string of the molecule is CC(=O)c1cccc(NC(=O)C(=O)NCCOCCO)c1. The Balaban J connectivity index is 2.43. The van der Waals surface area contributed by atoms with Gasteiger partial charge in [-0.3, -0.25) is 14.4 Å². The van der Waals surface area contributed by atoms with E-state index in [-0.39, 0.29) is 32.1 Å². The summed E-state index contributed by atoms with van der Waals surface area (Å²) in [6.45, 7) is 1.87. The highest BCUT2D eigenvalue weighted by Gasteiger charge is 2.13. The van der Waals surface area contributed by atoms with Gasteiger partial charge in [-0.25, -0.2) is 0 Å². The Kier molecular flexibility index (Phi) is 7.06. The Bertz CT molecular complexity index is 516. The van der Waals surface area contributed by atoms with E-state index in [2.05, 4.69) is 10.6 Å². The molecule has 1 aromatic carbocycles. The molecule has 0 aliphatic carbocycles. The van der Waals surface area contributed by atoms with Gasteiger partial charge in [-0.2, -0.15) is 0 Å². The Morgan fingerprint density at radius 2 is 1.95 bits per heavy atom. The number of benzene rings is 1. The minimum absolute atomic E-state index is 0.0963. The standard InChI is InChI=1S/C14H18N2O5/c1-10(18)11-3-2-4-12(9-11)16-14(20)13(19)15-5-7-21-8-6-17/h2-4,9,17H,5-8H2,1H3,(H,15,19)(H,16,20). The van der Waals surface area contributed by atoms with Crippen LogP contribution in [0.2, 0.25) is 0 Å². The summed E-state index contributed by atoms with van der Waals surface area (Å²) in [5.41, 5.74) is 0.824. The van der Waals surface area contributed by atoms with Gasteiger partial charge in [0.25, 0.3) is 0 Å². The monoisotopic (exact) mass is 294 g/mol. The molecule has 7 heteroatoms. The van der Waals surface area contributed by atoms with Crippen LogP contribution in [0.1, 0.15) is 17.3 Å². The van der Waals surface area contributed by atoms with Gasteiger partial charge >= 0.3 is 11.8 Å². The lowest BCUT2D eigenvalue weighted by Gasteiger charge is -2.07. The third-order valence-corrected chi connectivity index (χ3v) is 2.50. The fraction of sp³-hybridized carbons (Fsp3) is 0.357. The summed E-state index contributed by atoms with van der Waals surface area (Å²) in [6, 6.07) is 6.32. The van der Waals surface area contributed by atoms with E-state index in [4.69, 9.17) is 9.84 Å². The largest absolute Gasteiger partial charge is 0.394 e. The van der Waals surface area contributed by atoms with Crippen molar-refractivity contribution >= 4 is 23.3 Å². The van der Waals surface area contributed by atoms with Crippen molar-refractivity contribution in [2.24, 2.45) is 0 Å². The van der Waals surface area contributed by atoms with Crippen molar-refractivity contribution in [1.82, 2.24) is 5.32 Å². The van der Waals surface area contributed by atoms with Crippen LogP contribution >= 0.6 is 0 Å². The predicted octanol–water partition coefficient (Wildman–Crippen LogP) is -0.0472. The van der Waals surface area contributed by atoms with Crippen LogP contribution in [0.25, 0.3) is 0 Å². The lowest BCUT2D eigenvalue weighted by molar-refractivity contribution is -0.136. The zero-order valence-corrected chi connectivity index (χ0v) is 11.7. The average Bonchev–Trinajstić information content (AvgIpc) is 2.47. The summed E-state index contributed by atoms with van der Waals surface area (Å²) in [7, 11) is 0. The molecular weight excluding hydrogens is 276 g/mol. The van der Waals surface area contributed by atoms with Crippen molar-refractivity contribution in [2.45, 2.75) is 6.92 Å². The van der Waals surface area contributed by atoms with E-state index in [1.807, 2.05) is 0 Å². The molecule has 0 bridgehead atoms. The van der Waals surface area contributed by atoms with Crippen LogP contribution in [-0.2, 0) is 14.3 Å². The molecule has 0 aliphatic heterocycles. The highest BCUT2D eigenvalue weighted by Crippen LogP contribution is 2.10. The average molecular weight is 294 g/mol. The number of rotatable bonds is 7. The summed E-state index contributed by atoms with van der Waals surface area (Å²) in [4.78, 5) is 34.3. The van der Waals surface area contributed by atoms with Gasteiger partial charge in [0, 0.05) is 17.8 Å². The number of Topliss-reactive ketones (excluding diaryl/α,β-unsaturated/α-hetero) is 1. The summed E-state index contributed by atoms with van der Waals surface area (Å²) in [5.74, 6) is -1.75. The van der Waals surface area contributed by atoms with Crippen molar-refractivity contribution in [2.75, 3.05) is 31.7 Å². The van der Waals surface area contributed by atoms with Gasteiger partial charge in [-0.15, -0.1) is 0 Å². The molecule has 7 nitrogen and oxygen atoms in total. The van der Waals surface area contributed by atoms with Crippen LogP contribution in [0.3, 0.4) is 0 Å². The van der Waals surface area contributed by atoms with Gasteiger partial charge in [0.1, 0.15) is 0 Å². The molecule has 0 atom stereocenters. The van der Waals surface area contributed by atoms with E-state index >= 15 is 0 Å². The Hall–Kier alpha value is -2.25. The van der Waals surface area contributed by atoms with Gasteiger partial charge in [0.05, 0.1) is 19.8 Å². The van der Waals surface area contributed by atoms with E-state index in [0.29, 0.717) is 11.3 Å². The van der Waals surface area contributed by atoms with Crippen LogP contribution in [0.5, 0.6) is 0 Å². The number of hydrogen-bond donors (Lipinski definition) is 3. The fourth-order valence-electron chi connectivity index (χ4n) is 1.49. The number of anilines is 1. The molecule has 3 N–H and O–H groups in total. The fourth-order valence-corrected chi connectivity index (χ4v) is 1.49. The van der Waals surface area contributed by atoms with Gasteiger partial charge in [0.15, 0.2) is 5.78 Å². The van der Waals surface area contributed by atoms with Crippen molar-refractivity contribution in [3.8, 4) is 0 Å².